The molecule has 0 aliphatic heterocycles. The number of fused-ring (bicyclic) bond motifs is 1. The Bertz CT molecular complexity index is 1220. The number of aromatic amines is 1. The summed E-state index contributed by atoms with van der Waals surface area (Å²) in [5.74, 6) is 1.38. The van der Waals surface area contributed by atoms with Crippen molar-refractivity contribution in [2.45, 2.75) is 6.42 Å². The molecule has 1 aromatic heterocycles. The van der Waals surface area contributed by atoms with E-state index >= 15 is 0 Å². The predicted molar refractivity (Wildman–Crippen MR) is 122 cm³/mol. The number of carbonyl (C=O) groups is 1. The van der Waals surface area contributed by atoms with E-state index in [1.54, 1.807) is 33.5 Å². The Morgan fingerprint density at radius 2 is 1.58 bits per heavy atom. The van der Waals surface area contributed by atoms with E-state index in [4.69, 9.17) is 14.2 Å². The number of hydrogen-bond acceptors (Lipinski definition) is 4. The van der Waals surface area contributed by atoms with Gasteiger partial charge in [-0.05, 0) is 29.7 Å². The minimum atomic E-state index is -0.250. The van der Waals surface area contributed by atoms with E-state index in [0.717, 1.165) is 23.1 Å². The molecule has 4 rings (SSSR count). The van der Waals surface area contributed by atoms with E-state index in [9.17, 15) is 4.79 Å². The molecule has 0 aliphatic rings. The molecule has 0 aliphatic carbocycles. The van der Waals surface area contributed by atoms with E-state index in [0.29, 0.717) is 28.5 Å². The minimum Gasteiger partial charge on any atom is -0.496 e. The highest BCUT2D eigenvalue weighted by Crippen LogP contribution is 2.41. The quantitative estimate of drug-likeness (QED) is 0.443. The average Bonchev–Trinajstić information content (AvgIpc) is 3.25. The molecule has 1 amide bonds. The first-order valence-electron chi connectivity index (χ1n) is 9.89. The number of para-hydroxylation sites is 1. The van der Waals surface area contributed by atoms with Crippen molar-refractivity contribution in [3.05, 3.63) is 83.6 Å². The smallest absolute Gasteiger partial charge is 0.272 e. The first-order valence-corrected chi connectivity index (χ1v) is 9.89. The van der Waals surface area contributed by atoms with Crippen LogP contribution in [0.15, 0.2) is 66.7 Å². The maximum Gasteiger partial charge on any atom is 0.272 e. The molecule has 0 atom stereocenters. The van der Waals surface area contributed by atoms with Crippen LogP contribution in [0.5, 0.6) is 17.2 Å². The molecule has 0 fully saturated rings. The van der Waals surface area contributed by atoms with E-state index in [1.165, 1.54) is 5.56 Å². The Hall–Kier alpha value is -3.93. The van der Waals surface area contributed by atoms with Crippen LogP contribution in [0.4, 0.5) is 5.69 Å². The lowest BCUT2D eigenvalue weighted by Crippen LogP contribution is -2.13. The van der Waals surface area contributed by atoms with Crippen molar-refractivity contribution in [1.29, 1.82) is 0 Å². The summed E-state index contributed by atoms with van der Waals surface area (Å²) in [6.07, 6.45) is 0.725. The number of rotatable bonds is 7. The molecule has 0 unspecified atom stereocenters. The number of carbonyl (C=O) groups excluding carboxylic acids is 1. The summed E-state index contributed by atoms with van der Waals surface area (Å²) in [4.78, 5) is 16.2. The molecular weight excluding hydrogens is 392 g/mol. The second kappa shape index (κ2) is 8.83. The van der Waals surface area contributed by atoms with Gasteiger partial charge in [-0.15, -0.1) is 0 Å². The van der Waals surface area contributed by atoms with Crippen molar-refractivity contribution < 1.29 is 19.0 Å². The van der Waals surface area contributed by atoms with Crippen LogP contribution in [0.25, 0.3) is 10.9 Å². The maximum atomic E-state index is 13.1. The molecule has 2 N–H and O–H groups in total. The molecule has 31 heavy (non-hydrogen) atoms. The van der Waals surface area contributed by atoms with Crippen molar-refractivity contribution in [3.8, 4) is 17.2 Å². The van der Waals surface area contributed by atoms with Crippen LogP contribution in [-0.2, 0) is 6.42 Å². The number of nitrogens with one attached hydrogen (secondary N) is 2. The van der Waals surface area contributed by atoms with E-state index in [-0.39, 0.29) is 5.91 Å². The van der Waals surface area contributed by atoms with Crippen LogP contribution >= 0.6 is 0 Å². The number of hydrogen-bond donors (Lipinski definition) is 2. The van der Waals surface area contributed by atoms with Gasteiger partial charge in [0.05, 0.1) is 26.8 Å². The fourth-order valence-electron chi connectivity index (χ4n) is 3.66. The molecule has 0 spiro atoms. The highest BCUT2D eigenvalue weighted by Gasteiger charge is 2.20. The molecule has 6 nitrogen and oxygen atoms in total. The molecule has 158 valence electrons. The highest BCUT2D eigenvalue weighted by atomic mass is 16.5. The number of amides is 1. The van der Waals surface area contributed by atoms with E-state index in [1.807, 2.05) is 42.5 Å². The monoisotopic (exact) mass is 416 g/mol. The summed E-state index contributed by atoms with van der Waals surface area (Å²) in [6, 6.07) is 21.5. The minimum absolute atomic E-state index is 0.250. The second-order valence-electron chi connectivity index (χ2n) is 7.06. The third-order valence-corrected chi connectivity index (χ3v) is 5.19. The predicted octanol–water partition coefficient (Wildman–Crippen LogP) is 5.04. The van der Waals surface area contributed by atoms with Gasteiger partial charge in [-0.25, -0.2) is 0 Å². The van der Waals surface area contributed by atoms with Gasteiger partial charge >= 0.3 is 0 Å². The molecule has 1 heterocycles. The summed E-state index contributed by atoms with van der Waals surface area (Å²) in [7, 11) is 4.70. The van der Waals surface area contributed by atoms with Gasteiger partial charge < -0.3 is 24.5 Å². The Morgan fingerprint density at radius 3 is 2.29 bits per heavy atom. The summed E-state index contributed by atoms with van der Waals surface area (Å²) in [6.45, 7) is 0. The zero-order valence-electron chi connectivity index (χ0n) is 17.7. The Balaban J connectivity index is 1.67. The van der Waals surface area contributed by atoms with Gasteiger partial charge in [0.1, 0.15) is 11.4 Å². The first kappa shape index (κ1) is 20.3. The van der Waals surface area contributed by atoms with Crippen molar-refractivity contribution >= 4 is 22.5 Å². The van der Waals surface area contributed by atoms with Crippen molar-refractivity contribution in [2.75, 3.05) is 26.6 Å². The van der Waals surface area contributed by atoms with Crippen LogP contribution in [0.1, 0.15) is 21.6 Å². The molecule has 3 aromatic carbocycles. The normalized spacial score (nSPS) is 10.7. The Morgan fingerprint density at radius 1 is 0.871 bits per heavy atom. The number of ether oxygens (including phenoxy) is 3. The van der Waals surface area contributed by atoms with E-state index in [2.05, 4.69) is 22.4 Å². The number of benzene rings is 3. The first-order chi connectivity index (χ1) is 15.1. The van der Waals surface area contributed by atoms with Gasteiger partial charge in [-0.3, -0.25) is 4.79 Å². The number of aromatic nitrogens is 1. The van der Waals surface area contributed by atoms with Crippen molar-refractivity contribution in [2.24, 2.45) is 0 Å². The topological polar surface area (TPSA) is 72.6 Å². The second-order valence-corrected chi connectivity index (χ2v) is 7.06. The fourth-order valence-corrected chi connectivity index (χ4v) is 3.66. The van der Waals surface area contributed by atoms with Gasteiger partial charge in [0.2, 0.25) is 0 Å². The van der Waals surface area contributed by atoms with Crippen LogP contribution in [0, 0.1) is 0 Å². The average molecular weight is 416 g/mol. The maximum absolute atomic E-state index is 13.1. The molecular formula is C25H24N2O4. The van der Waals surface area contributed by atoms with Gasteiger partial charge in [0, 0.05) is 17.1 Å². The summed E-state index contributed by atoms with van der Waals surface area (Å²) >= 11 is 0. The van der Waals surface area contributed by atoms with Crippen molar-refractivity contribution in [1.82, 2.24) is 4.98 Å². The zero-order chi connectivity index (χ0) is 21.8. The van der Waals surface area contributed by atoms with Crippen LogP contribution < -0.4 is 19.5 Å². The van der Waals surface area contributed by atoms with Crippen LogP contribution in [-0.4, -0.2) is 32.2 Å². The largest absolute Gasteiger partial charge is 0.496 e. The number of methoxy groups -OCH3 is 3. The van der Waals surface area contributed by atoms with Gasteiger partial charge in [0.25, 0.3) is 5.91 Å². The molecule has 0 bridgehead atoms. The number of anilines is 1. The van der Waals surface area contributed by atoms with Crippen LogP contribution in [0.2, 0.25) is 0 Å². The third kappa shape index (κ3) is 4.05. The van der Waals surface area contributed by atoms with Gasteiger partial charge in [0.15, 0.2) is 11.5 Å². The van der Waals surface area contributed by atoms with Gasteiger partial charge in [-0.2, -0.15) is 0 Å². The standard InChI is InChI=1S/C25H24N2O4/c1-29-21-15-22(30-2)24(31-3)23-18(21)14-20(26-23)25(28)27-19-12-8-7-11-17(19)13-16-9-5-4-6-10-16/h4-12,14-15,26H,13H2,1-3H3,(H,27,28). The van der Waals surface area contributed by atoms with Crippen LogP contribution in [0.3, 0.4) is 0 Å². The zero-order valence-corrected chi connectivity index (χ0v) is 17.7. The summed E-state index contributed by atoms with van der Waals surface area (Å²) < 4.78 is 16.4. The molecule has 6 heteroatoms. The summed E-state index contributed by atoms with van der Waals surface area (Å²) in [5.41, 5.74) is 4.02. The Kier molecular flexibility index (Phi) is 5.80. The highest BCUT2D eigenvalue weighted by molar-refractivity contribution is 6.08. The molecule has 0 saturated heterocycles. The molecule has 0 radical (unpaired) electrons. The lowest BCUT2D eigenvalue weighted by molar-refractivity contribution is 0.102. The lowest BCUT2D eigenvalue weighted by Gasteiger charge is -2.11. The SMILES string of the molecule is COc1cc(OC)c2cc(C(=O)Nc3ccccc3Cc3ccccc3)[nH]c2c1OC. The molecule has 4 aromatic rings. The third-order valence-electron chi connectivity index (χ3n) is 5.19. The lowest BCUT2D eigenvalue weighted by atomic mass is 10.0. The fraction of sp³-hybridized carbons (Fsp3) is 0.160. The van der Waals surface area contributed by atoms with Gasteiger partial charge in [-0.1, -0.05) is 48.5 Å². The Labute approximate surface area is 180 Å². The van der Waals surface area contributed by atoms with Crippen molar-refractivity contribution in [3.63, 3.8) is 0 Å². The summed E-state index contributed by atoms with van der Waals surface area (Å²) in [5, 5.41) is 3.77. The number of H-pyrrole nitrogens is 1. The molecule has 0 saturated carbocycles. The van der Waals surface area contributed by atoms with E-state index < -0.39 is 0 Å².